The fourth-order valence-corrected chi connectivity index (χ4v) is 2.28. The first-order valence-corrected chi connectivity index (χ1v) is 5.57. The summed E-state index contributed by atoms with van der Waals surface area (Å²) >= 11 is 0. The molecule has 0 aromatic carbocycles. The van der Waals surface area contributed by atoms with Gasteiger partial charge in [-0.3, -0.25) is 20.3 Å². The molecule has 1 aromatic rings. The van der Waals surface area contributed by atoms with E-state index in [-0.39, 0.29) is 18.4 Å². The van der Waals surface area contributed by atoms with Gasteiger partial charge in [0.05, 0.1) is 12.2 Å². The zero-order chi connectivity index (χ0) is 13.4. The average Bonchev–Trinajstić information content (AvgIpc) is 2.69. The average molecular weight is 245 g/mol. The molecule has 1 atom stereocenters. The van der Waals surface area contributed by atoms with Crippen LogP contribution in [0.1, 0.15) is 23.0 Å². The van der Waals surface area contributed by atoms with E-state index in [0.717, 1.165) is 17.0 Å². The van der Waals surface area contributed by atoms with Crippen LogP contribution < -0.4 is 5.32 Å². The van der Waals surface area contributed by atoms with Gasteiger partial charge in [0.15, 0.2) is 0 Å². The molecule has 1 fully saturated rings. The van der Waals surface area contributed by atoms with Gasteiger partial charge in [-0.05, 0) is 13.8 Å². The summed E-state index contributed by atoms with van der Waals surface area (Å²) in [6.45, 7) is 3.96. The predicted octanol–water partition coefficient (Wildman–Crippen LogP) is 0.714. The third kappa shape index (κ3) is 1.64. The second-order valence-corrected chi connectivity index (χ2v) is 4.29. The van der Waals surface area contributed by atoms with Gasteiger partial charge in [0, 0.05) is 18.3 Å². The Kier molecular flexibility index (Phi) is 2.83. The van der Waals surface area contributed by atoms with Gasteiger partial charge in [0.25, 0.3) is 0 Å². The van der Waals surface area contributed by atoms with Crippen LogP contribution in [0, 0.1) is 31.6 Å². The number of nitrogens with zero attached hydrogens (tertiary/aromatic N) is 3. The third-order valence-corrected chi connectivity index (χ3v) is 3.19. The summed E-state index contributed by atoms with van der Waals surface area (Å²) in [6.07, 6.45) is 5.27. The standard InChI is InChI=1S/C12H15N5O/c1-5-6-17-10(11(13)14-12(17)18)9-7(2)15-16(4)8(9)3/h1,10H,6H2,2-4H3,(H2,13,14,18). The van der Waals surface area contributed by atoms with Crippen molar-refractivity contribution in [1.82, 2.24) is 20.0 Å². The highest BCUT2D eigenvalue weighted by molar-refractivity contribution is 6.06. The highest BCUT2D eigenvalue weighted by Gasteiger charge is 2.39. The zero-order valence-electron chi connectivity index (χ0n) is 10.6. The molecule has 2 rings (SSSR count). The van der Waals surface area contributed by atoms with Crippen molar-refractivity contribution in [1.29, 1.82) is 5.41 Å². The molecule has 1 aromatic heterocycles. The molecule has 2 N–H and O–H groups in total. The van der Waals surface area contributed by atoms with Crippen LogP contribution >= 0.6 is 0 Å². The van der Waals surface area contributed by atoms with Crippen LogP contribution in [-0.4, -0.2) is 33.1 Å². The molecular weight excluding hydrogens is 230 g/mol. The normalized spacial score (nSPS) is 19.0. The van der Waals surface area contributed by atoms with Crippen LogP contribution in [0.25, 0.3) is 0 Å². The Labute approximate surface area is 105 Å². The Balaban J connectivity index is 2.51. The summed E-state index contributed by atoms with van der Waals surface area (Å²) in [7, 11) is 1.84. The van der Waals surface area contributed by atoms with Gasteiger partial charge < -0.3 is 0 Å². The van der Waals surface area contributed by atoms with Crippen LogP contribution in [0.4, 0.5) is 4.79 Å². The summed E-state index contributed by atoms with van der Waals surface area (Å²) in [5.41, 5.74) is 2.61. The van der Waals surface area contributed by atoms with Crippen molar-refractivity contribution in [2.24, 2.45) is 7.05 Å². The van der Waals surface area contributed by atoms with Gasteiger partial charge in [0.1, 0.15) is 11.9 Å². The highest BCUT2D eigenvalue weighted by atomic mass is 16.2. The number of carbonyl (C=O) groups excluding carboxylic acids is 1. The Morgan fingerprint density at radius 1 is 1.56 bits per heavy atom. The molecule has 6 heteroatoms. The van der Waals surface area contributed by atoms with Crippen molar-refractivity contribution in [3.8, 4) is 12.3 Å². The Bertz CT molecular complexity index is 566. The lowest BCUT2D eigenvalue weighted by atomic mass is 10.0. The summed E-state index contributed by atoms with van der Waals surface area (Å²) < 4.78 is 1.74. The van der Waals surface area contributed by atoms with Crippen LogP contribution in [0.2, 0.25) is 0 Å². The number of hydrogen-bond acceptors (Lipinski definition) is 3. The van der Waals surface area contributed by atoms with E-state index in [0.29, 0.717) is 0 Å². The minimum Gasteiger partial charge on any atom is -0.299 e. The molecule has 94 valence electrons. The predicted molar refractivity (Wildman–Crippen MR) is 67.2 cm³/mol. The minimum atomic E-state index is -0.456. The first-order valence-electron chi connectivity index (χ1n) is 5.57. The van der Waals surface area contributed by atoms with Crippen LogP contribution in [0.5, 0.6) is 0 Å². The lowest BCUT2D eigenvalue weighted by Gasteiger charge is -2.20. The quantitative estimate of drug-likeness (QED) is 0.753. The molecule has 0 aliphatic carbocycles. The maximum absolute atomic E-state index is 11.7. The molecule has 1 unspecified atom stereocenters. The monoisotopic (exact) mass is 245 g/mol. The van der Waals surface area contributed by atoms with Crippen molar-refractivity contribution in [3.05, 3.63) is 17.0 Å². The van der Waals surface area contributed by atoms with Gasteiger partial charge in [-0.1, -0.05) is 5.92 Å². The summed E-state index contributed by atoms with van der Waals surface area (Å²) in [5, 5.41) is 14.7. The number of amides is 2. The fourth-order valence-electron chi connectivity index (χ4n) is 2.28. The van der Waals surface area contributed by atoms with Crippen LogP contribution in [-0.2, 0) is 7.05 Å². The Morgan fingerprint density at radius 3 is 2.72 bits per heavy atom. The molecule has 1 aliphatic heterocycles. The maximum atomic E-state index is 11.7. The molecule has 2 heterocycles. The molecule has 0 spiro atoms. The van der Waals surface area contributed by atoms with E-state index < -0.39 is 6.04 Å². The van der Waals surface area contributed by atoms with Gasteiger partial charge in [0.2, 0.25) is 0 Å². The lowest BCUT2D eigenvalue weighted by molar-refractivity contribution is 0.212. The van der Waals surface area contributed by atoms with Gasteiger partial charge >= 0.3 is 6.03 Å². The van der Waals surface area contributed by atoms with E-state index in [4.69, 9.17) is 11.8 Å². The van der Waals surface area contributed by atoms with Crippen LogP contribution in [0.15, 0.2) is 0 Å². The molecule has 2 amide bonds. The number of carbonyl (C=O) groups is 1. The Morgan fingerprint density at radius 2 is 2.22 bits per heavy atom. The van der Waals surface area contributed by atoms with Crippen LogP contribution in [0.3, 0.4) is 0 Å². The van der Waals surface area contributed by atoms with E-state index in [1.807, 2.05) is 20.9 Å². The van der Waals surface area contributed by atoms with Crippen molar-refractivity contribution < 1.29 is 4.79 Å². The number of aromatic nitrogens is 2. The smallest absolute Gasteiger partial charge is 0.299 e. The zero-order valence-corrected chi connectivity index (χ0v) is 10.6. The van der Waals surface area contributed by atoms with E-state index >= 15 is 0 Å². The third-order valence-electron chi connectivity index (χ3n) is 3.19. The SMILES string of the molecule is C#CCN1C(=O)NC(=N)C1c1c(C)nn(C)c1C. The van der Waals surface area contributed by atoms with E-state index in [1.54, 1.807) is 4.68 Å². The highest BCUT2D eigenvalue weighted by Crippen LogP contribution is 2.30. The molecular formula is C12H15N5O. The second kappa shape index (κ2) is 4.18. The minimum absolute atomic E-state index is 0.148. The van der Waals surface area contributed by atoms with Crippen molar-refractivity contribution in [3.63, 3.8) is 0 Å². The Hall–Kier alpha value is -2.29. The van der Waals surface area contributed by atoms with Gasteiger partial charge in [-0.2, -0.15) is 5.10 Å². The molecule has 1 saturated heterocycles. The summed E-state index contributed by atoms with van der Waals surface area (Å²) in [6, 6.07) is -0.784. The number of rotatable bonds is 2. The number of urea groups is 1. The lowest BCUT2D eigenvalue weighted by Crippen LogP contribution is -2.30. The largest absolute Gasteiger partial charge is 0.324 e. The van der Waals surface area contributed by atoms with E-state index in [2.05, 4.69) is 16.3 Å². The fraction of sp³-hybridized carbons (Fsp3) is 0.417. The van der Waals surface area contributed by atoms with Crippen molar-refractivity contribution in [2.45, 2.75) is 19.9 Å². The molecule has 0 bridgehead atoms. The van der Waals surface area contributed by atoms with Gasteiger partial charge in [-0.15, -0.1) is 6.42 Å². The van der Waals surface area contributed by atoms with Crippen molar-refractivity contribution >= 4 is 11.9 Å². The van der Waals surface area contributed by atoms with Gasteiger partial charge in [-0.25, -0.2) is 4.79 Å². The second-order valence-electron chi connectivity index (χ2n) is 4.29. The molecule has 0 radical (unpaired) electrons. The molecule has 1 aliphatic rings. The number of nitrogens with one attached hydrogen (secondary N) is 2. The number of aryl methyl sites for hydroxylation is 2. The van der Waals surface area contributed by atoms with E-state index in [9.17, 15) is 4.79 Å². The first-order chi connectivity index (χ1) is 8.47. The number of terminal acetylenes is 1. The summed E-state index contributed by atoms with van der Waals surface area (Å²) in [4.78, 5) is 13.2. The van der Waals surface area contributed by atoms with Crippen molar-refractivity contribution in [2.75, 3.05) is 6.54 Å². The van der Waals surface area contributed by atoms with E-state index in [1.165, 1.54) is 4.90 Å². The maximum Gasteiger partial charge on any atom is 0.324 e. The number of hydrogen-bond donors (Lipinski definition) is 2. The number of amidine groups is 1. The first kappa shape index (κ1) is 12.2. The molecule has 18 heavy (non-hydrogen) atoms. The summed E-state index contributed by atoms with van der Waals surface area (Å²) in [5.74, 6) is 2.59. The molecule has 0 saturated carbocycles. The molecule has 6 nitrogen and oxygen atoms in total. The topological polar surface area (TPSA) is 74.0 Å².